The highest BCUT2D eigenvalue weighted by Gasteiger charge is 2.18. The van der Waals surface area contributed by atoms with Gasteiger partial charge in [0.25, 0.3) is 0 Å². The first-order valence-corrected chi connectivity index (χ1v) is 6.67. The van der Waals surface area contributed by atoms with Gasteiger partial charge in [-0.25, -0.2) is 4.68 Å². The van der Waals surface area contributed by atoms with Crippen molar-refractivity contribution in [3.63, 3.8) is 0 Å². The number of likely N-dealkylation sites (N-methyl/N-ethyl adjacent to an activating group) is 1. The van der Waals surface area contributed by atoms with Crippen molar-refractivity contribution >= 4 is 0 Å². The molecule has 0 bridgehead atoms. The molecule has 2 rings (SSSR count). The molecule has 2 heterocycles. The van der Waals surface area contributed by atoms with Gasteiger partial charge in [0.15, 0.2) is 0 Å². The van der Waals surface area contributed by atoms with Gasteiger partial charge in [0.2, 0.25) is 0 Å². The summed E-state index contributed by atoms with van der Waals surface area (Å²) in [4.78, 5) is 2.28. The summed E-state index contributed by atoms with van der Waals surface area (Å²) in [5.74, 6) is 0. The van der Waals surface area contributed by atoms with Crippen LogP contribution in [-0.4, -0.2) is 59.3 Å². The fraction of sp³-hybridized carbons (Fsp3) is 0.833. The summed E-state index contributed by atoms with van der Waals surface area (Å²) in [7, 11) is 2.12. The highest BCUT2D eigenvalue weighted by atomic mass is 16.5. The van der Waals surface area contributed by atoms with E-state index < -0.39 is 0 Å². The molecule has 2 N–H and O–H groups in total. The zero-order valence-corrected chi connectivity index (χ0v) is 11.1. The molecule has 0 spiro atoms. The molecule has 0 radical (unpaired) electrons. The van der Waals surface area contributed by atoms with Crippen LogP contribution in [0, 0.1) is 0 Å². The third-order valence-electron chi connectivity index (χ3n) is 3.21. The van der Waals surface area contributed by atoms with Gasteiger partial charge in [-0.15, -0.1) is 5.10 Å². The van der Waals surface area contributed by atoms with Gasteiger partial charge < -0.3 is 15.4 Å². The molecule has 0 aliphatic carbocycles. The molecule has 0 amide bonds. The maximum absolute atomic E-state index is 5.71. The van der Waals surface area contributed by atoms with Gasteiger partial charge in [0.1, 0.15) is 0 Å². The van der Waals surface area contributed by atoms with Gasteiger partial charge in [-0.3, -0.25) is 0 Å². The Morgan fingerprint density at radius 2 is 2.39 bits per heavy atom. The van der Waals surface area contributed by atoms with Crippen LogP contribution in [0.3, 0.4) is 0 Å². The summed E-state index contributed by atoms with van der Waals surface area (Å²) in [5, 5.41) is 8.33. The van der Waals surface area contributed by atoms with Crippen LogP contribution in [0.2, 0.25) is 0 Å². The Kier molecular flexibility index (Phi) is 5.10. The van der Waals surface area contributed by atoms with E-state index in [-0.39, 0.29) is 6.10 Å². The van der Waals surface area contributed by atoms with Crippen molar-refractivity contribution in [2.45, 2.75) is 31.9 Å². The molecule has 1 aliphatic heterocycles. The Balaban J connectivity index is 1.78. The minimum atomic E-state index is 0.224. The second kappa shape index (κ2) is 6.82. The molecular weight excluding hydrogens is 230 g/mol. The van der Waals surface area contributed by atoms with Crippen molar-refractivity contribution in [2.75, 3.05) is 33.3 Å². The van der Waals surface area contributed by atoms with Gasteiger partial charge >= 0.3 is 0 Å². The quantitative estimate of drug-likeness (QED) is 0.716. The van der Waals surface area contributed by atoms with Gasteiger partial charge in [0.05, 0.1) is 24.9 Å². The minimum Gasteiger partial charge on any atom is -0.374 e. The second-order valence-corrected chi connectivity index (χ2v) is 4.93. The number of aromatic nitrogens is 3. The van der Waals surface area contributed by atoms with Crippen LogP contribution in [0.4, 0.5) is 0 Å². The van der Waals surface area contributed by atoms with E-state index in [2.05, 4.69) is 22.3 Å². The normalized spacial score (nSPS) is 21.3. The first-order valence-electron chi connectivity index (χ1n) is 6.67. The largest absolute Gasteiger partial charge is 0.374 e. The van der Waals surface area contributed by atoms with Crippen molar-refractivity contribution < 1.29 is 4.74 Å². The lowest BCUT2D eigenvalue weighted by molar-refractivity contribution is -0.0292. The lowest BCUT2D eigenvalue weighted by Crippen LogP contribution is -2.42. The number of ether oxygens (including phenoxy) is 1. The van der Waals surface area contributed by atoms with Crippen LogP contribution in [0.1, 0.15) is 18.5 Å². The van der Waals surface area contributed by atoms with E-state index in [0.717, 1.165) is 57.7 Å². The Bertz CT molecular complexity index is 354. The summed E-state index contributed by atoms with van der Waals surface area (Å²) >= 11 is 0. The average molecular weight is 253 g/mol. The van der Waals surface area contributed by atoms with Crippen LogP contribution >= 0.6 is 0 Å². The lowest BCUT2D eigenvalue weighted by Gasteiger charge is -2.29. The molecule has 1 saturated heterocycles. The van der Waals surface area contributed by atoms with Crippen LogP contribution in [0.15, 0.2) is 6.20 Å². The summed E-state index contributed by atoms with van der Waals surface area (Å²) in [5.41, 5.74) is 6.52. The molecule has 1 aromatic rings. The van der Waals surface area contributed by atoms with Gasteiger partial charge in [-0.05, 0) is 32.9 Å². The molecule has 6 heteroatoms. The Morgan fingerprint density at radius 1 is 1.50 bits per heavy atom. The molecule has 18 heavy (non-hydrogen) atoms. The summed E-state index contributed by atoms with van der Waals surface area (Å²) < 4.78 is 7.60. The molecule has 1 atom stereocenters. The second-order valence-electron chi connectivity index (χ2n) is 4.93. The number of unbranched alkanes of at least 4 members (excludes halogenated alkanes) is 1. The Morgan fingerprint density at radius 3 is 3.17 bits per heavy atom. The minimum absolute atomic E-state index is 0.224. The number of hydrogen-bond acceptors (Lipinski definition) is 5. The number of rotatable bonds is 6. The summed E-state index contributed by atoms with van der Waals surface area (Å²) in [6, 6.07) is 0. The van der Waals surface area contributed by atoms with Crippen molar-refractivity contribution in [1.82, 2.24) is 19.9 Å². The van der Waals surface area contributed by atoms with Crippen molar-refractivity contribution in [2.24, 2.45) is 5.73 Å². The van der Waals surface area contributed by atoms with Crippen molar-refractivity contribution in [3.05, 3.63) is 11.9 Å². The zero-order valence-electron chi connectivity index (χ0n) is 11.1. The Hall–Kier alpha value is -0.980. The zero-order chi connectivity index (χ0) is 12.8. The number of morpholine rings is 1. The molecule has 1 fully saturated rings. The highest BCUT2D eigenvalue weighted by Crippen LogP contribution is 2.06. The van der Waals surface area contributed by atoms with E-state index in [4.69, 9.17) is 10.5 Å². The first-order chi connectivity index (χ1) is 8.78. The highest BCUT2D eigenvalue weighted by molar-refractivity contribution is 4.92. The monoisotopic (exact) mass is 253 g/mol. The van der Waals surface area contributed by atoms with Gasteiger partial charge in [0, 0.05) is 19.3 Å². The topological polar surface area (TPSA) is 69.2 Å². The fourth-order valence-corrected chi connectivity index (χ4v) is 2.18. The van der Waals surface area contributed by atoms with Crippen LogP contribution in [0.25, 0.3) is 0 Å². The smallest absolute Gasteiger partial charge is 0.0898 e. The maximum atomic E-state index is 5.71. The molecule has 102 valence electrons. The van der Waals surface area contributed by atoms with Gasteiger partial charge in [-0.1, -0.05) is 5.21 Å². The molecule has 1 unspecified atom stereocenters. The maximum Gasteiger partial charge on any atom is 0.0898 e. The number of nitrogens with zero attached hydrogens (tertiary/aromatic N) is 4. The van der Waals surface area contributed by atoms with E-state index in [0.29, 0.717) is 0 Å². The summed E-state index contributed by atoms with van der Waals surface area (Å²) in [6.07, 6.45) is 5.33. The van der Waals surface area contributed by atoms with E-state index in [9.17, 15) is 0 Å². The molecule has 6 nitrogen and oxygen atoms in total. The first kappa shape index (κ1) is 13.5. The lowest BCUT2D eigenvalue weighted by atomic mass is 10.2. The van der Waals surface area contributed by atoms with Crippen molar-refractivity contribution in [1.29, 1.82) is 0 Å². The van der Waals surface area contributed by atoms with Crippen LogP contribution < -0.4 is 5.73 Å². The average Bonchev–Trinajstić information content (AvgIpc) is 2.77. The SMILES string of the molecule is CN1CCOC(Cn2cc(CCCCN)nn2)C1. The number of nitrogens with two attached hydrogens (primary N) is 1. The molecule has 1 aromatic heterocycles. The Labute approximate surface area is 108 Å². The van der Waals surface area contributed by atoms with E-state index in [1.165, 1.54) is 0 Å². The molecule has 1 aliphatic rings. The standard InChI is InChI=1S/C12H23N5O/c1-16-6-7-18-12(9-16)10-17-8-11(14-15-17)4-2-3-5-13/h8,12H,2-7,9-10,13H2,1H3. The van der Waals surface area contributed by atoms with Crippen LogP contribution in [-0.2, 0) is 17.7 Å². The summed E-state index contributed by atoms with van der Waals surface area (Å²) in [6.45, 7) is 4.31. The number of hydrogen-bond donors (Lipinski definition) is 1. The van der Waals surface area contributed by atoms with E-state index in [1.807, 2.05) is 10.9 Å². The van der Waals surface area contributed by atoms with E-state index in [1.54, 1.807) is 0 Å². The predicted molar refractivity (Wildman–Crippen MR) is 69.3 cm³/mol. The van der Waals surface area contributed by atoms with Gasteiger partial charge in [-0.2, -0.15) is 0 Å². The fourth-order valence-electron chi connectivity index (χ4n) is 2.18. The molecular formula is C12H23N5O. The van der Waals surface area contributed by atoms with Crippen molar-refractivity contribution in [3.8, 4) is 0 Å². The number of aryl methyl sites for hydroxylation is 1. The van der Waals surface area contributed by atoms with E-state index >= 15 is 0 Å². The third-order valence-corrected chi connectivity index (χ3v) is 3.21. The molecule has 0 aromatic carbocycles. The van der Waals surface area contributed by atoms with Crippen LogP contribution in [0.5, 0.6) is 0 Å². The molecule has 0 saturated carbocycles. The third kappa shape index (κ3) is 4.04. The predicted octanol–water partition coefficient (Wildman–Crippen LogP) is -0.110.